The van der Waals surface area contributed by atoms with Crippen LogP contribution in [-0.4, -0.2) is 74.3 Å². The van der Waals surface area contributed by atoms with Gasteiger partial charge in [0.1, 0.15) is 22.7 Å². The van der Waals surface area contributed by atoms with Crippen LogP contribution in [0.3, 0.4) is 0 Å². The molecule has 5 heterocycles. The molecule has 11 heteroatoms. The first kappa shape index (κ1) is 25.4. The van der Waals surface area contributed by atoms with E-state index in [1.165, 1.54) is 0 Å². The molecular formula is C34H25N9O2. The van der Waals surface area contributed by atoms with Crippen molar-refractivity contribution < 1.29 is 9.59 Å². The summed E-state index contributed by atoms with van der Waals surface area (Å²) in [5.74, 6) is 1.66. The van der Waals surface area contributed by atoms with Crippen molar-refractivity contribution >= 4 is 67.1 Å². The molecule has 5 N–H and O–H groups in total. The summed E-state index contributed by atoms with van der Waals surface area (Å²) in [6, 6.07) is 22.6. The molecule has 0 radical (unpaired) electrons. The smallest absolute Gasteiger partial charge is 0.228 e. The molecule has 9 rings (SSSR count). The highest BCUT2D eigenvalue weighted by Gasteiger charge is 2.22. The number of nitrogens with one attached hydrogen (secondary N) is 5. The Labute approximate surface area is 254 Å². The number of carbonyl (C=O) groups excluding carboxylic acids is 2. The van der Waals surface area contributed by atoms with Crippen molar-refractivity contribution in [3.05, 3.63) is 107 Å². The van der Waals surface area contributed by atoms with Crippen molar-refractivity contribution in [3.63, 3.8) is 0 Å². The molecule has 0 unspecified atom stereocenters. The third-order valence-electron chi connectivity index (χ3n) is 8.44. The number of rotatable bonds is 6. The summed E-state index contributed by atoms with van der Waals surface area (Å²) in [6.45, 7) is 3.00. The van der Waals surface area contributed by atoms with E-state index in [2.05, 4.69) is 45.5 Å². The van der Waals surface area contributed by atoms with Gasteiger partial charge in [0.05, 0.1) is 24.1 Å². The molecule has 0 aliphatic carbocycles. The molecule has 11 nitrogen and oxygen atoms in total. The zero-order chi connectivity index (χ0) is 30.1. The second-order valence-corrected chi connectivity index (χ2v) is 11.2. The molecule has 2 aliphatic rings. The normalized spacial score (nSPS) is 14.7. The molecule has 0 fully saturated rings. The molecule has 0 saturated carbocycles. The lowest BCUT2D eigenvalue weighted by Gasteiger charge is -2.02. The molecule has 7 aromatic rings. The van der Waals surface area contributed by atoms with E-state index < -0.39 is 0 Å². The maximum Gasteiger partial charge on any atom is 0.228 e. The van der Waals surface area contributed by atoms with Gasteiger partial charge in [0.2, 0.25) is 11.6 Å². The van der Waals surface area contributed by atoms with Crippen molar-refractivity contribution in [3.8, 4) is 0 Å². The molecule has 2 aliphatic heterocycles. The molecule has 4 aromatic carbocycles. The second-order valence-electron chi connectivity index (χ2n) is 11.2. The van der Waals surface area contributed by atoms with Crippen LogP contribution in [0.15, 0.2) is 82.8 Å². The predicted octanol–water partition coefficient (Wildman–Crippen LogP) is 4.24. The van der Waals surface area contributed by atoms with Gasteiger partial charge in [0, 0.05) is 57.1 Å². The van der Waals surface area contributed by atoms with Crippen LogP contribution >= 0.6 is 0 Å². The fourth-order valence-electron chi connectivity index (χ4n) is 6.27. The highest BCUT2D eigenvalue weighted by molar-refractivity contribution is 6.17. The lowest BCUT2D eigenvalue weighted by atomic mass is 10.0. The fourth-order valence-corrected chi connectivity index (χ4v) is 6.27. The van der Waals surface area contributed by atoms with E-state index in [0.29, 0.717) is 35.2 Å². The largest absolute Gasteiger partial charge is 0.368 e. The summed E-state index contributed by atoms with van der Waals surface area (Å²) in [6.07, 6.45) is 0. The van der Waals surface area contributed by atoms with Gasteiger partial charge in [-0.1, -0.05) is 12.1 Å². The summed E-state index contributed by atoms with van der Waals surface area (Å²) in [7, 11) is 0. The van der Waals surface area contributed by atoms with Crippen LogP contribution in [-0.2, 0) is 0 Å². The first-order chi connectivity index (χ1) is 22.1. The van der Waals surface area contributed by atoms with Crippen LogP contribution in [0.4, 0.5) is 0 Å². The van der Waals surface area contributed by atoms with Crippen molar-refractivity contribution in [1.29, 1.82) is 0 Å². The van der Waals surface area contributed by atoms with E-state index in [1.54, 1.807) is 12.1 Å². The number of nitrogens with zero attached hydrogens (tertiary/aromatic N) is 4. The number of ketones is 2. The van der Waals surface area contributed by atoms with E-state index in [4.69, 9.17) is 0 Å². The van der Waals surface area contributed by atoms with Crippen molar-refractivity contribution in [1.82, 2.24) is 35.6 Å². The van der Waals surface area contributed by atoms with Gasteiger partial charge in [-0.05, 0) is 60.7 Å². The van der Waals surface area contributed by atoms with E-state index >= 15 is 0 Å². The molecule has 0 amide bonds. The monoisotopic (exact) mass is 591 g/mol. The fraction of sp³-hybridized carbons (Fsp3) is 0.118. The molecule has 218 valence electrons. The summed E-state index contributed by atoms with van der Waals surface area (Å²) >= 11 is 0. The number of aromatic amines is 3. The van der Waals surface area contributed by atoms with Crippen LogP contribution < -0.4 is 10.6 Å². The van der Waals surface area contributed by atoms with Gasteiger partial charge in [0.25, 0.3) is 0 Å². The number of carbonyl (C=O) groups is 2. The Kier molecular flexibility index (Phi) is 5.48. The predicted molar refractivity (Wildman–Crippen MR) is 174 cm³/mol. The summed E-state index contributed by atoms with van der Waals surface area (Å²) in [5.41, 5.74) is 7.40. The van der Waals surface area contributed by atoms with E-state index in [0.717, 1.165) is 68.7 Å². The number of aromatic nitrogens is 5. The molecule has 0 spiro atoms. The van der Waals surface area contributed by atoms with E-state index in [9.17, 15) is 9.59 Å². The molecule has 0 bridgehead atoms. The number of hydrogen-bond donors (Lipinski definition) is 5. The lowest BCUT2D eigenvalue weighted by molar-refractivity contribution is 0.102. The molecule has 45 heavy (non-hydrogen) atoms. The van der Waals surface area contributed by atoms with Crippen LogP contribution in [0.1, 0.15) is 43.5 Å². The molecule has 3 aromatic heterocycles. The molecular weight excluding hydrogens is 566 g/mol. The second kappa shape index (κ2) is 9.71. The van der Waals surface area contributed by atoms with Gasteiger partial charge in [-0.25, -0.2) is 9.97 Å². The Morgan fingerprint density at radius 3 is 1.49 bits per heavy atom. The van der Waals surface area contributed by atoms with Crippen LogP contribution in [0.5, 0.6) is 0 Å². The zero-order valence-electron chi connectivity index (χ0n) is 23.9. The highest BCUT2D eigenvalue weighted by Crippen LogP contribution is 2.29. The maximum atomic E-state index is 13.7. The van der Waals surface area contributed by atoms with E-state index in [-0.39, 0.29) is 23.2 Å². The van der Waals surface area contributed by atoms with Crippen LogP contribution in [0.2, 0.25) is 0 Å². The number of H-pyrrole nitrogens is 3. The van der Waals surface area contributed by atoms with Crippen molar-refractivity contribution in [2.24, 2.45) is 9.98 Å². The van der Waals surface area contributed by atoms with Crippen LogP contribution in [0, 0.1) is 0 Å². The molecule has 0 atom stereocenters. The Hall–Kier alpha value is -6.10. The van der Waals surface area contributed by atoms with Gasteiger partial charge in [-0.2, -0.15) is 0 Å². The van der Waals surface area contributed by atoms with Gasteiger partial charge in [-0.15, -0.1) is 0 Å². The SMILES string of the molecule is O=C(c1ccc2[nH]c3ccc(C(=O)c4nc5c(C6=NCCN6)cccc5[nH]4)cc3c2c1)c1nc2c(C3=NCCN3)cccc2[nH]1. The Bertz CT molecular complexity index is 2270. The number of imidazole rings is 2. The average molecular weight is 592 g/mol. The number of aliphatic imine (C=N–C) groups is 2. The van der Waals surface area contributed by atoms with Gasteiger partial charge in [0.15, 0.2) is 11.6 Å². The summed E-state index contributed by atoms with van der Waals surface area (Å²) in [4.78, 5) is 55.6. The third-order valence-corrected chi connectivity index (χ3v) is 8.44. The minimum atomic E-state index is -0.221. The molecule has 0 saturated heterocycles. The summed E-state index contributed by atoms with van der Waals surface area (Å²) < 4.78 is 0. The third kappa shape index (κ3) is 4.04. The van der Waals surface area contributed by atoms with Crippen molar-refractivity contribution in [2.75, 3.05) is 26.2 Å². The number of para-hydroxylation sites is 2. The van der Waals surface area contributed by atoms with Gasteiger partial charge in [-0.3, -0.25) is 19.6 Å². The highest BCUT2D eigenvalue weighted by atomic mass is 16.1. The average Bonchev–Trinajstić information content (AvgIpc) is 3.92. The topological polar surface area (TPSA) is 156 Å². The standard InChI is InChI=1S/C34H25N9O2/c44-29(33-40-25-5-1-3-19(27(25)42-33)31-35-11-12-36-31)17-7-9-23-21(15-17)22-16-18(8-10-24(22)39-23)30(45)34-41-26-6-2-4-20(28(26)43-34)32-37-13-14-38-32/h1-10,15-16,39H,11-14H2,(H,35,36)(H,37,38)(H,40,42)(H,41,43). The van der Waals surface area contributed by atoms with Crippen molar-refractivity contribution in [2.45, 2.75) is 0 Å². The zero-order valence-corrected chi connectivity index (χ0v) is 23.9. The quantitative estimate of drug-likeness (QED) is 0.182. The Morgan fingerprint density at radius 1 is 0.556 bits per heavy atom. The lowest BCUT2D eigenvalue weighted by Crippen LogP contribution is -2.19. The minimum Gasteiger partial charge on any atom is -0.368 e. The number of hydrogen-bond acceptors (Lipinski definition) is 8. The number of amidine groups is 2. The van der Waals surface area contributed by atoms with Gasteiger partial charge < -0.3 is 25.6 Å². The first-order valence-corrected chi connectivity index (χ1v) is 14.8. The maximum absolute atomic E-state index is 13.7. The van der Waals surface area contributed by atoms with Crippen LogP contribution in [0.25, 0.3) is 43.9 Å². The Balaban J connectivity index is 1.08. The Morgan fingerprint density at radius 2 is 1.04 bits per heavy atom. The summed E-state index contributed by atoms with van der Waals surface area (Å²) in [5, 5.41) is 8.24. The number of fused-ring (bicyclic) bond motifs is 5. The first-order valence-electron chi connectivity index (χ1n) is 14.8. The van der Waals surface area contributed by atoms with E-state index in [1.807, 2.05) is 60.7 Å². The van der Waals surface area contributed by atoms with Gasteiger partial charge >= 0.3 is 0 Å². The number of benzene rings is 4. The minimum absolute atomic E-state index is 0.221.